The van der Waals surface area contributed by atoms with E-state index in [0.717, 1.165) is 11.1 Å². The SMILES string of the molecule is CC(O)CC1(C(=O)O)Cc2ccccc2C1. The Balaban J connectivity index is 2.31. The normalized spacial score (nSPS) is 19.1. The Bertz CT molecular complexity index is 384. The number of hydrogen-bond acceptors (Lipinski definition) is 2. The molecule has 0 aliphatic heterocycles. The van der Waals surface area contributed by atoms with Gasteiger partial charge in [0.25, 0.3) is 0 Å². The van der Waals surface area contributed by atoms with Crippen LogP contribution in [-0.2, 0) is 17.6 Å². The average molecular weight is 220 g/mol. The highest BCUT2D eigenvalue weighted by Crippen LogP contribution is 2.40. The molecule has 0 fully saturated rings. The first-order valence-corrected chi connectivity index (χ1v) is 5.52. The molecule has 1 atom stereocenters. The zero-order chi connectivity index (χ0) is 11.8. The van der Waals surface area contributed by atoms with Crippen LogP contribution in [-0.4, -0.2) is 22.3 Å². The molecule has 0 aromatic heterocycles. The minimum Gasteiger partial charge on any atom is -0.481 e. The van der Waals surface area contributed by atoms with Gasteiger partial charge < -0.3 is 10.2 Å². The molecule has 0 heterocycles. The number of benzene rings is 1. The summed E-state index contributed by atoms with van der Waals surface area (Å²) in [5.41, 5.74) is 1.40. The van der Waals surface area contributed by atoms with E-state index in [9.17, 15) is 15.0 Å². The van der Waals surface area contributed by atoms with Crippen molar-refractivity contribution < 1.29 is 15.0 Å². The van der Waals surface area contributed by atoms with E-state index in [4.69, 9.17) is 0 Å². The third kappa shape index (κ3) is 1.83. The van der Waals surface area contributed by atoms with Gasteiger partial charge in [-0.25, -0.2) is 0 Å². The molecular weight excluding hydrogens is 204 g/mol. The average Bonchev–Trinajstić information content (AvgIpc) is 2.55. The van der Waals surface area contributed by atoms with Gasteiger partial charge in [-0.05, 0) is 37.3 Å². The summed E-state index contributed by atoms with van der Waals surface area (Å²) < 4.78 is 0. The maximum absolute atomic E-state index is 11.4. The summed E-state index contributed by atoms with van der Waals surface area (Å²) in [7, 11) is 0. The van der Waals surface area contributed by atoms with Gasteiger partial charge in [-0.3, -0.25) is 4.79 Å². The fourth-order valence-electron chi connectivity index (χ4n) is 2.64. The third-order valence-corrected chi connectivity index (χ3v) is 3.32. The van der Waals surface area contributed by atoms with Crippen molar-refractivity contribution >= 4 is 5.97 Å². The van der Waals surface area contributed by atoms with E-state index in [1.54, 1.807) is 6.92 Å². The molecule has 1 aliphatic rings. The predicted molar refractivity (Wildman–Crippen MR) is 60.2 cm³/mol. The molecule has 1 aromatic rings. The van der Waals surface area contributed by atoms with Crippen LogP contribution in [0, 0.1) is 5.41 Å². The molecule has 1 aliphatic carbocycles. The standard InChI is InChI=1S/C13H16O3/c1-9(14)6-13(12(15)16)7-10-4-2-3-5-11(10)8-13/h2-5,9,14H,6-8H2,1H3,(H,15,16). The number of aliphatic hydroxyl groups excluding tert-OH is 1. The molecule has 86 valence electrons. The molecule has 0 saturated carbocycles. The Morgan fingerprint density at radius 2 is 1.88 bits per heavy atom. The molecule has 16 heavy (non-hydrogen) atoms. The van der Waals surface area contributed by atoms with Crippen molar-refractivity contribution in [2.24, 2.45) is 5.41 Å². The van der Waals surface area contributed by atoms with Crippen molar-refractivity contribution in [1.82, 2.24) is 0 Å². The first-order valence-electron chi connectivity index (χ1n) is 5.52. The number of hydrogen-bond donors (Lipinski definition) is 2. The van der Waals surface area contributed by atoms with E-state index in [2.05, 4.69) is 0 Å². The molecule has 1 aromatic carbocycles. The number of carbonyl (C=O) groups is 1. The summed E-state index contributed by atoms with van der Waals surface area (Å²) in [5, 5.41) is 18.8. The van der Waals surface area contributed by atoms with Crippen LogP contribution in [0.2, 0.25) is 0 Å². The van der Waals surface area contributed by atoms with Gasteiger partial charge >= 0.3 is 5.97 Å². The Labute approximate surface area is 94.7 Å². The summed E-state index contributed by atoms with van der Waals surface area (Å²) in [6.07, 6.45) is 0.800. The molecule has 0 bridgehead atoms. The second kappa shape index (κ2) is 3.91. The molecule has 0 spiro atoms. The van der Waals surface area contributed by atoms with E-state index in [-0.39, 0.29) is 0 Å². The largest absolute Gasteiger partial charge is 0.481 e. The van der Waals surface area contributed by atoms with Gasteiger partial charge in [-0.2, -0.15) is 0 Å². The summed E-state index contributed by atoms with van der Waals surface area (Å²) in [5.74, 6) is -0.801. The van der Waals surface area contributed by atoms with Gasteiger partial charge in [-0.15, -0.1) is 0 Å². The molecule has 2 rings (SSSR count). The lowest BCUT2D eigenvalue weighted by Gasteiger charge is -2.25. The second-order valence-electron chi connectivity index (χ2n) is 4.76. The quantitative estimate of drug-likeness (QED) is 0.814. The topological polar surface area (TPSA) is 57.5 Å². The highest BCUT2D eigenvalue weighted by atomic mass is 16.4. The lowest BCUT2D eigenvalue weighted by molar-refractivity contribution is -0.150. The highest BCUT2D eigenvalue weighted by Gasteiger charge is 2.44. The van der Waals surface area contributed by atoms with Gasteiger partial charge in [0.1, 0.15) is 0 Å². The molecule has 0 radical (unpaired) electrons. The van der Waals surface area contributed by atoms with Crippen molar-refractivity contribution in [3.63, 3.8) is 0 Å². The molecule has 2 N–H and O–H groups in total. The molecule has 0 saturated heterocycles. The van der Waals surface area contributed by atoms with Crippen molar-refractivity contribution in [2.75, 3.05) is 0 Å². The number of rotatable bonds is 3. The molecular formula is C13H16O3. The van der Waals surface area contributed by atoms with Crippen LogP contribution in [0.3, 0.4) is 0 Å². The van der Waals surface area contributed by atoms with E-state index in [1.807, 2.05) is 24.3 Å². The third-order valence-electron chi connectivity index (χ3n) is 3.32. The van der Waals surface area contributed by atoms with Crippen LogP contribution in [0.4, 0.5) is 0 Å². The Hall–Kier alpha value is -1.35. The maximum Gasteiger partial charge on any atom is 0.310 e. The van der Waals surface area contributed by atoms with E-state index in [0.29, 0.717) is 19.3 Å². The van der Waals surface area contributed by atoms with Crippen LogP contribution in [0.15, 0.2) is 24.3 Å². The number of aliphatic carboxylic acids is 1. The molecule has 0 amide bonds. The summed E-state index contributed by atoms with van der Waals surface area (Å²) in [6, 6.07) is 7.81. The van der Waals surface area contributed by atoms with Gasteiger partial charge in [0.2, 0.25) is 0 Å². The summed E-state index contributed by atoms with van der Waals surface area (Å²) in [4.78, 5) is 11.4. The van der Waals surface area contributed by atoms with E-state index < -0.39 is 17.5 Å². The molecule has 3 nitrogen and oxygen atoms in total. The van der Waals surface area contributed by atoms with Crippen molar-refractivity contribution in [3.8, 4) is 0 Å². The maximum atomic E-state index is 11.4. The monoisotopic (exact) mass is 220 g/mol. The van der Waals surface area contributed by atoms with Crippen molar-refractivity contribution in [3.05, 3.63) is 35.4 Å². The van der Waals surface area contributed by atoms with E-state index in [1.165, 1.54) is 0 Å². The van der Waals surface area contributed by atoms with Crippen molar-refractivity contribution in [1.29, 1.82) is 0 Å². The first kappa shape index (κ1) is 11.1. The lowest BCUT2D eigenvalue weighted by Crippen LogP contribution is -2.35. The zero-order valence-electron chi connectivity index (χ0n) is 9.31. The van der Waals surface area contributed by atoms with Crippen LogP contribution < -0.4 is 0 Å². The summed E-state index contributed by atoms with van der Waals surface area (Å²) in [6.45, 7) is 1.65. The van der Waals surface area contributed by atoms with Crippen LogP contribution in [0.5, 0.6) is 0 Å². The Morgan fingerprint density at radius 3 is 2.25 bits per heavy atom. The fraction of sp³-hybridized carbons (Fsp3) is 0.462. The fourth-order valence-corrected chi connectivity index (χ4v) is 2.64. The van der Waals surface area contributed by atoms with Gasteiger partial charge in [-0.1, -0.05) is 24.3 Å². The number of carboxylic acid groups (broad SMARTS) is 1. The zero-order valence-corrected chi connectivity index (χ0v) is 9.31. The van der Waals surface area contributed by atoms with Gasteiger partial charge in [0.05, 0.1) is 11.5 Å². The van der Waals surface area contributed by atoms with Crippen LogP contribution >= 0.6 is 0 Å². The minimum absolute atomic E-state index is 0.316. The number of carboxylic acids is 1. The number of aliphatic hydroxyl groups is 1. The summed E-state index contributed by atoms with van der Waals surface area (Å²) >= 11 is 0. The van der Waals surface area contributed by atoms with Crippen LogP contribution in [0.1, 0.15) is 24.5 Å². The highest BCUT2D eigenvalue weighted by molar-refractivity contribution is 5.77. The van der Waals surface area contributed by atoms with Gasteiger partial charge in [0.15, 0.2) is 0 Å². The Kier molecular flexibility index (Phi) is 2.72. The van der Waals surface area contributed by atoms with Crippen molar-refractivity contribution in [2.45, 2.75) is 32.3 Å². The van der Waals surface area contributed by atoms with E-state index >= 15 is 0 Å². The predicted octanol–water partition coefficient (Wildman–Crippen LogP) is 1.63. The number of fused-ring (bicyclic) bond motifs is 1. The lowest BCUT2D eigenvalue weighted by atomic mass is 9.80. The Morgan fingerprint density at radius 1 is 1.38 bits per heavy atom. The molecule has 3 heteroatoms. The van der Waals surface area contributed by atoms with Crippen LogP contribution in [0.25, 0.3) is 0 Å². The molecule has 1 unspecified atom stereocenters. The second-order valence-corrected chi connectivity index (χ2v) is 4.76. The first-order chi connectivity index (χ1) is 7.53. The smallest absolute Gasteiger partial charge is 0.310 e. The van der Waals surface area contributed by atoms with Gasteiger partial charge in [0, 0.05) is 0 Å². The minimum atomic E-state index is -0.808.